The van der Waals surface area contributed by atoms with Crippen molar-refractivity contribution in [3.63, 3.8) is 0 Å². The lowest BCUT2D eigenvalue weighted by atomic mass is 10.3. The molecule has 5 heteroatoms. The molecule has 0 radical (unpaired) electrons. The van der Waals surface area contributed by atoms with Crippen LogP contribution in [-0.2, 0) is 17.1 Å². The van der Waals surface area contributed by atoms with Crippen molar-refractivity contribution in [2.24, 2.45) is 0 Å². The van der Waals surface area contributed by atoms with Gasteiger partial charge in [0.1, 0.15) is 5.76 Å². The lowest BCUT2D eigenvalue weighted by molar-refractivity contribution is -0.304. The summed E-state index contributed by atoms with van der Waals surface area (Å²) >= 11 is 5.43. The number of carboxylic acids is 1. The molecule has 0 saturated carbocycles. The summed E-state index contributed by atoms with van der Waals surface area (Å²) in [6.45, 7) is 1.64. The summed E-state index contributed by atoms with van der Waals surface area (Å²) in [5.74, 6) is -0.207. The summed E-state index contributed by atoms with van der Waals surface area (Å²) in [6.07, 6.45) is -0.230. The maximum Gasteiger partial charge on any atom is 0.209 e. The second kappa shape index (κ2) is 3.58. The van der Waals surface area contributed by atoms with E-state index in [1.165, 1.54) is 0 Å². The molecule has 0 saturated heterocycles. The number of rotatable bonds is 3. The third-order valence-corrected chi connectivity index (χ3v) is 1.59. The Bertz CT molecular complexity index is 295. The molecular weight excluding hydrogens is 182 g/mol. The largest absolute Gasteiger partial charge is 0.550 e. The molecule has 0 aliphatic carbocycles. The van der Waals surface area contributed by atoms with Crippen LogP contribution in [0.25, 0.3) is 0 Å². The summed E-state index contributed by atoms with van der Waals surface area (Å²) in [4.78, 5) is 14.0. The predicted molar refractivity (Wildman–Crippen MR) is 39.5 cm³/mol. The summed E-state index contributed by atoms with van der Waals surface area (Å²) in [5, 5.41) is 10.2. The molecule has 12 heavy (non-hydrogen) atoms. The molecule has 1 aromatic rings. The van der Waals surface area contributed by atoms with E-state index in [0.29, 0.717) is 17.3 Å². The van der Waals surface area contributed by atoms with Gasteiger partial charge in [0.2, 0.25) is 5.89 Å². The van der Waals surface area contributed by atoms with Gasteiger partial charge < -0.3 is 14.3 Å². The highest BCUT2D eigenvalue weighted by Crippen LogP contribution is 2.11. The van der Waals surface area contributed by atoms with E-state index in [2.05, 4.69) is 4.98 Å². The Morgan fingerprint density at radius 3 is 2.83 bits per heavy atom. The van der Waals surface area contributed by atoms with Gasteiger partial charge in [-0.1, -0.05) is 0 Å². The summed E-state index contributed by atoms with van der Waals surface area (Å²) in [6, 6.07) is 0. The first kappa shape index (κ1) is 9.06. The Balaban J connectivity index is 2.84. The zero-order valence-electron chi connectivity index (χ0n) is 6.46. The second-order valence-corrected chi connectivity index (χ2v) is 2.56. The zero-order chi connectivity index (χ0) is 9.14. The van der Waals surface area contributed by atoms with Crippen LogP contribution >= 0.6 is 11.6 Å². The number of carbonyl (C=O) groups excluding carboxylic acids is 1. The minimum Gasteiger partial charge on any atom is -0.550 e. The topological polar surface area (TPSA) is 66.2 Å². The highest BCUT2D eigenvalue weighted by atomic mass is 35.5. The Morgan fingerprint density at radius 1 is 1.75 bits per heavy atom. The Kier molecular flexibility index (Phi) is 2.70. The fourth-order valence-corrected chi connectivity index (χ4v) is 0.960. The van der Waals surface area contributed by atoms with Crippen LogP contribution in [0.5, 0.6) is 0 Å². The molecule has 1 heterocycles. The first-order chi connectivity index (χ1) is 5.63. The molecule has 1 rings (SSSR count). The third kappa shape index (κ3) is 1.98. The molecule has 0 amide bonds. The minimum absolute atomic E-state index is 0.147. The SMILES string of the molecule is Cc1oc(CCl)nc1CC(=O)[O-]. The van der Waals surface area contributed by atoms with E-state index < -0.39 is 5.97 Å². The van der Waals surface area contributed by atoms with Crippen molar-refractivity contribution in [2.45, 2.75) is 19.2 Å². The molecule has 0 aliphatic rings. The van der Waals surface area contributed by atoms with E-state index in [0.717, 1.165) is 0 Å². The number of halogens is 1. The smallest absolute Gasteiger partial charge is 0.209 e. The van der Waals surface area contributed by atoms with Gasteiger partial charge in [0.15, 0.2) is 0 Å². The van der Waals surface area contributed by atoms with Gasteiger partial charge in [0.25, 0.3) is 0 Å². The van der Waals surface area contributed by atoms with E-state index in [1.807, 2.05) is 0 Å². The van der Waals surface area contributed by atoms with Gasteiger partial charge in [-0.25, -0.2) is 4.98 Å². The standard InChI is InChI=1S/C7H8ClNO3/c1-4-5(2-7(10)11)9-6(3-8)12-4/h2-3H2,1H3,(H,10,11)/p-1. The van der Waals surface area contributed by atoms with Crippen LogP contribution in [-0.4, -0.2) is 11.0 Å². The van der Waals surface area contributed by atoms with Crippen molar-refractivity contribution in [3.8, 4) is 0 Å². The van der Waals surface area contributed by atoms with Gasteiger partial charge in [-0.2, -0.15) is 0 Å². The van der Waals surface area contributed by atoms with Crippen molar-refractivity contribution in [1.29, 1.82) is 0 Å². The predicted octanol–water partition coefficient (Wildman–Crippen LogP) is 0.0142. The van der Waals surface area contributed by atoms with Crippen molar-refractivity contribution >= 4 is 17.6 Å². The molecule has 0 atom stereocenters. The number of aryl methyl sites for hydroxylation is 1. The molecule has 0 unspecified atom stereocenters. The van der Waals surface area contributed by atoms with Crippen molar-refractivity contribution in [1.82, 2.24) is 4.98 Å². The Morgan fingerprint density at radius 2 is 2.42 bits per heavy atom. The number of nitrogens with zero attached hydrogens (tertiary/aromatic N) is 1. The molecule has 0 bridgehead atoms. The summed E-state index contributed by atoms with van der Waals surface area (Å²) in [5.41, 5.74) is 0.380. The molecule has 1 aromatic heterocycles. The van der Waals surface area contributed by atoms with Crippen molar-refractivity contribution < 1.29 is 14.3 Å². The molecule has 0 spiro atoms. The lowest BCUT2D eigenvalue weighted by Crippen LogP contribution is -2.24. The van der Waals surface area contributed by atoms with Gasteiger partial charge >= 0.3 is 0 Å². The molecular formula is C7H7ClNO3-. The van der Waals surface area contributed by atoms with Crippen molar-refractivity contribution in [2.75, 3.05) is 0 Å². The molecule has 66 valence electrons. The van der Waals surface area contributed by atoms with Gasteiger partial charge in [0, 0.05) is 12.4 Å². The normalized spacial score (nSPS) is 10.2. The quantitative estimate of drug-likeness (QED) is 0.627. The molecule has 0 fully saturated rings. The maximum atomic E-state index is 10.2. The average Bonchev–Trinajstić information content (AvgIpc) is 2.31. The monoisotopic (exact) mass is 188 g/mol. The van der Waals surface area contributed by atoms with Gasteiger partial charge in [-0.15, -0.1) is 11.6 Å². The fourth-order valence-electron chi connectivity index (χ4n) is 0.846. The average molecular weight is 189 g/mol. The van der Waals surface area contributed by atoms with Gasteiger partial charge in [-0.3, -0.25) is 0 Å². The molecule has 0 N–H and O–H groups in total. The lowest BCUT2D eigenvalue weighted by Gasteiger charge is -1.96. The van der Waals surface area contributed by atoms with Crippen LogP contribution in [0.15, 0.2) is 4.42 Å². The number of carboxylic acid groups (broad SMARTS) is 1. The molecule has 4 nitrogen and oxygen atoms in total. The first-order valence-corrected chi connectivity index (χ1v) is 3.88. The number of oxazole rings is 1. The van der Waals surface area contributed by atoms with Crippen LogP contribution in [0.4, 0.5) is 0 Å². The van der Waals surface area contributed by atoms with Crippen LogP contribution in [0, 0.1) is 6.92 Å². The number of aliphatic carboxylic acids is 1. The van der Waals surface area contributed by atoms with Gasteiger partial charge in [0.05, 0.1) is 11.6 Å². The van der Waals surface area contributed by atoms with Crippen molar-refractivity contribution in [3.05, 3.63) is 17.3 Å². The first-order valence-electron chi connectivity index (χ1n) is 3.34. The number of alkyl halides is 1. The van der Waals surface area contributed by atoms with Crippen LogP contribution in [0.3, 0.4) is 0 Å². The highest BCUT2D eigenvalue weighted by molar-refractivity contribution is 6.16. The molecule has 0 aliphatic heterocycles. The second-order valence-electron chi connectivity index (χ2n) is 2.29. The van der Waals surface area contributed by atoms with Crippen LogP contribution in [0.1, 0.15) is 17.3 Å². The zero-order valence-corrected chi connectivity index (χ0v) is 7.22. The third-order valence-electron chi connectivity index (χ3n) is 1.36. The summed E-state index contributed by atoms with van der Waals surface area (Å²) < 4.78 is 5.03. The fraction of sp³-hybridized carbons (Fsp3) is 0.429. The van der Waals surface area contributed by atoms with E-state index in [-0.39, 0.29) is 12.3 Å². The minimum atomic E-state index is -1.17. The van der Waals surface area contributed by atoms with E-state index in [1.54, 1.807) is 6.92 Å². The van der Waals surface area contributed by atoms with E-state index >= 15 is 0 Å². The summed E-state index contributed by atoms with van der Waals surface area (Å²) in [7, 11) is 0. The number of carbonyl (C=O) groups is 1. The molecule has 0 aromatic carbocycles. The van der Waals surface area contributed by atoms with E-state index in [4.69, 9.17) is 16.0 Å². The highest BCUT2D eigenvalue weighted by Gasteiger charge is 2.07. The van der Waals surface area contributed by atoms with E-state index in [9.17, 15) is 9.90 Å². The number of aromatic nitrogens is 1. The number of hydrogen-bond acceptors (Lipinski definition) is 4. The van der Waals surface area contributed by atoms with Crippen LogP contribution in [0.2, 0.25) is 0 Å². The van der Waals surface area contributed by atoms with Gasteiger partial charge in [-0.05, 0) is 6.92 Å². The number of hydrogen-bond donors (Lipinski definition) is 0. The Hall–Kier alpha value is -1.03. The Labute approximate surface area is 74.2 Å². The van der Waals surface area contributed by atoms with Crippen LogP contribution < -0.4 is 5.11 Å². The maximum absolute atomic E-state index is 10.2.